The van der Waals surface area contributed by atoms with Crippen LogP contribution in [0.3, 0.4) is 0 Å². The van der Waals surface area contributed by atoms with Crippen LogP contribution in [-0.4, -0.2) is 69.8 Å². The van der Waals surface area contributed by atoms with Gasteiger partial charge in [-0.3, -0.25) is 19.2 Å². The highest BCUT2D eigenvalue weighted by molar-refractivity contribution is 7.80. The molecule has 3 amide bonds. The predicted octanol–water partition coefficient (Wildman–Crippen LogP) is -1.43. The Morgan fingerprint density at radius 2 is 1.34 bits per heavy atom. The number of rotatable bonds is 12. The van der Waals surface area contributed by atoms with Gasteiger partial charge in [0.2, 0.25) is 17.7 Å². The Kier molecular flexibility index (Phi) is 11.3. The molecule has 0 bridgehead atoms. The lowest BCUT2D eigenvalue weighted by Gasteiger charge is -2.27. The number of thiol groups is 1. The van der Waals surface area contributed by atoms with E-state index in [4.69, 9.17) is 15.9 Å². The fourth-order valence-corrected chi connectivity index (χ4v) is 2.44. The van der Waals surface area contributed by atoms with Crippen LogP contribution in [0.2, 0.25) is 0 Å². The number of carboxylic acids is 2. The fourth-order valence-electron chi connectivity index (χ4n) is 2.19. The Labute approximate surface area is 174 Å². The molecule has 0 saturated heterocycles. The number of nitrogens with two attached hydrogens (primary N) is 1. The van der Waals surface area contributed by atoms with Gasteiger partial charge in [0, 0.05) is 5.75 Å². The van der Waals surface area contributed by atoms with E-state index in [1.807, 2.05) is 0 Å². The first kappa shape index (κ1) is 26.7. The number of hydrogen-bond acceptors (Lipinski definition) is 7. The minimum atomic E-state index is -1.54. The second-order valence-corrected chi connectivity index (χ2v) is 7.61. The summed E-state index contributed by atoms with van der Waals surface area (Å²) in [5.41, 5.74) is 5.77. The highest BCUT2D eigenvalue weighted by Crippen LogP contribution is 2.06. The molecule has 0 aromatic rings. The van der Waals surface area contributed by atoms with Crippen molar-refractivity contribution in [1.82, 2.24) is 16.0 Å². The summed E-state index contributed by atoms with van der Waals surface area (Å²) in [4.78, 5) is 59.3. The number of carboxylic acid groups (broad SMARTS) is 2. The van der Waals surface area contributed by atoms with Crippen LogP contribution in [0.1, 0.15) is 34.1 Å². The van der Waals surface area contributed by atoms with E-state index in [9.17, 15) is 24.0 Å². The van der Waals surface area contributed by atoms with Crippen LogP contribution in [-0.2, 0) is 24.0 Å². The van der Waals surface area contributed by atoms with E-state index in [1.165, 1.54) is 0 Å². The maximum Gasteiger partial charge on any atom is 0.327 e. The van der Waals surface area contributed by atoms with Crippen molar-refractivity contribution in [3.05, 3.63) is 0 Å². The average molecular weight is 435 g/mol. The molecule has 0 fully saturated rings. The van der Waals surface area contributed by atoms with Gasteiger partial charge >= 0.3 is 11.9 Å². The third-order valence-corrected chi connectivity index (χ3v) is 4.44. The first-order valence-electron chi connectivity index (χ1n) is 9.03. The molecule has 0 heterocycles. The Balaban J connectivity index is 5.38. The second-order valence-electron chi connectivity index (χ2n) is 7.24. The summed E-state index contributed by atoms with van der Waals surface area (Å²) < 4.78 is 0. The van der Waals surface area contributed by atoms with Crippen molar-refractivity contribution in [2.24, 2.45) is 17.6 Å². The maximum atomic E-state index is 12.6. The number of carbonyl (C=O) groups excluding carboxylic acids is 3. The minimum absolute atomic E-state index is 0.175. The van der Waals surface area contributed by atoms with Gasteiger partial charge in [-0.2, -0.15) is 12.6 Å². The van der Waals surface area contributed by atoms with E-state index >= 15 is 0 Å². The van der Waals surface area contributed by atoms with Gasteiger partial charge in [-0.15, -0.1) is 0 Å². The van der Waals surface area contributed by atoms with Crippen LogP contribution in [0.25, 0.3) is 0 Å². The molecule has 4 atom stereocenters. The quantitative estimate of drug-likeness (QED) is 0.182. The van der Waals surface area contributed by atoms with E-state index in [-0.39, 0.29) is 11.7 Å². The lowest BCUT2D eigenvalue weighted by Crippen LogP contribution is -2.59. The van der Waals surface area contributed by atoms with Gasteiger partial charge in [0.15, 0.2) is 0 Å². The Bertz CT molecular complexity index is 627. The van der Waals surface area contributed by atoms with Crippen molar-refractivity contribution in [1.29, 1.82) is 0 Å². The van der Waals surface area contributed by atoms with E-state index in [1.54, 1.807) is 27.7 Å². The van der Waals surface area contributed by atoms with Gasteiger partial charge in [-0.1, -0.05) is 27.7 Å². The topological polar surface area (TPSA) is 188 Å². The fraction of sp³-hybridized carbons (Fsp3) is 0.706. The molecular weight excluding hydrogens is 404 g/mol. The molecule has 0 aliphatic rings. The molecule has 4 unspecified atom stereocenters. The van der Waals surface area contributed by atoms with Crippen LogP contribution < -0.4 is 21.7 Å². The predicted molar refractivity (Wildman–Crippen MR) is 107 cm³/mol. The van der Waals surface area contributed by atoms with Gasteiger partial charge < -0.3 is 31.9 Å². The number of hydrogen-bond donors (Lipinski definition) is 7. The van der Waals surface area contributed by atoms with Crippen LogP contribution >= 0.6 is 12.6 Å². The highest BCUT2D eigenvalue weighted by atomic mass is 32.1. The molecule has 0 aliphatic heterocycles. The van der Waals surface area contributed by atoms with Crippen molar-refractivity contribution in [3.8, 4) is 0 Å². The zero-order valence-corrected chi connectivity index (χ0v) is 17.7. The normalized spacial score (nSPS) is 15.2. The summed E-state index contributed by atoms with van der Waals surface area (Å²) in [6.07, 6.45) is -0.777. The molecule has 0 aliphatic carbocycles. The monoisotopic (exact) mass is 434 g/mol. The zero-order valence-electron chi connectivity index (χ0n) is 16.8. The molecule has 0 saturated carbocycles. The molecule has 0 spiro atoms. The van der Waals surface area contributed by atoms with Gasteiger partial charge in [0.1, 0.15) is 18.1 Å². The molecule has 166 valence electrons. The van der Waals surface area contributed by atoms with E-state index in [0.717, 1.165) is 0 Å². The summed E-state index contributed by atoms with van der Waals surface area (Å²) in [5.74, 6) is -5.87. The maximum absolute atomic E-state index is 12.6. The van der Waals surface area contributed by atoms with Crippen LogP contribution in [0.5, 0.6) is 0 Å². The van der Waals surface area contributed by atoms with Gasteiger partial charge in [0.25, 0.3) is 0 Å². The summed E-state index contributed by atoms with van der Waals surface area (Å²) in [6, 6.07) is -4.83. The number of nitrogens with one attached hydrogen (secondary N) is 3. The summed E-state index contributed by atoms with van der Waals surface area (Å²) >= 11 is 3.81. The molecular formula is C17H30N4O7S. The zero-order chi connectivity index (χ0) is 22.9. The van der Waals surface area contributed by atoms with Crippen molar-refractivity contribution in [2.45, 2.75) is 58.3 Å². The van der Waals surface area contributed by atoms with Crippen LogP contribution in [0.4, 0.5) is 0 Å². The molecule has 0 rings (SSSR count). The molecule has 12 heteroatoms. The van der Waals surface area contributed by atoms with Gasteiger partial charge in [-0.05, 0) is 11.8 Å². The van der Waals surface area contributed by atoms with Crippen molar-refractivity contribution < 1.29 is 34.2 Å². The minimum Gasteiger partial charge on any atom is -0.481 e. The molecule has 29 heavy (non-hydrogen) atoms. The van der Waals surface area contributed by atoms with Crippen molar-refractivity contribution in [3.63, 3.8) is 0 Å². The Morgan fingerprint density at radius 1 is 0.828 bits per heavy atom. The highest BCUT2D eigenvalue weighted by Gasteiger charge is 2.32. The number of amides is 3. The standard InChI is InChI=1S/C17H30N4O7S/c1-7(2)12(18)15(25)21-13(8(3)4)16(26)19-9(5-11(22)23)14(24)20-10(6-29)17(27)28/h7-10,12-13,29H,5-6,18H2,1-4H3,(H,19,26)(H,20,24)(H,21,25)(H,22,23)(H,27,28). The Morgan fingerprint density at radius 3 is 1.72 bits per heavy atom. The van der Waals surface area contributed by atoms with E-state index in [2.05, 4.69) is 28.6 Å². The molecule has 0 radical (unpaired) electrons. The lowest BCUT2D eigenvalue weighted by atomic mass is 10.00. The van der Waals surface area contributed by atoms with Crippen LogP contribution in [0.15, 0.2) is 0 Å². The number of aliphatic carboxylic acids is 2. The third-order valence-electron chi connectivity index (χ3n) is 4.08. The summed E-state index contributed by atoms with van der Waals surface area (Å²) in [6.45, 7) is 6.78. The smallest absolute Gasteiger partial charge is 0.327 e. The van der Waals surface area contributed by atoms with Gasteiger partial charge in [-0.25, -0.2) is 4.79 Å². The lowest BCUT2D eigenvalue weighted by molar-refractivity contribution is -0.143. The van der Waals surface area contributed by atoms with Crippen molar-refractivity contribution >= 4 is 42.3 Å². The number of carbonyl (C=O) groups is 5. The summed E-state index contributed by atoms with van der Waals surface area (Å²) in [7, 11) is 0. The third kappa shape index (κ3) is 9.13. The Hall–Kier alpha value is -2.34. The SMILES string of the molecule is CC(C)C(N)C(=O)NC(C(=O)NC(CC(=O)O)C(=O)NC(CS)C(=O)O)C(C)C. The van der Waals surface area contributed by atoms with Gasteiger partial charge in [0.05, 0.1) is 12.5 Å². The summed E-state index contributed by atoms with van der Waals surface area (Å²) in [5, 5.41) is 24.9. The first-order valence-corrected chi connectivity index (χ1v) is 9.67. The van der Waals surface area contributed by atoms with E-state index in [0.29, 0.717) is 0 Å². The second kappa shape index (κ2) is 12.3. The first-order chi connectivity index (χ1) is 13.3. The van der Waals surface area contributed by atoms with E-state index < -0.39 is 66.2 Å². The average Bonchev–Trinajstić information content (AvgIpc) is 2.61. The van der Waals surface area contributed by atoms with Crippen molar-refractivity contribution in [2.75, 3.05) is 5.75 Å². The molecule has 0 aromatic heterocycles. The van der Waals surface area contributed by atoms with Crippen LogP contribution in [0, 0.1) is 11.8 Å². The molecule has 7 N–H and O–H groups in total. The largest absolute Gasteiger partial charge is 0.481 e. The molecule has 11 nitrogen and oxygen atoms in total. The molecule has 0 aromatic carbocycles.